The molecule has 0 aliphatic heterocycles. The highest BCUT2D eigenvalue weighted by molar-refractivity contribution is 7.89. The lowest BCUT2D eigenvalue weighted by Crippen LogP contribution is -2.38. The second kappa shape index (κ2) is 9.86. The van der Waals surface area contributed by atoms with E-state index in [-0.39, 0.29) is 10.8 Å². The molecule has 0 saturated heterocycles. The standard InChI is InChI=1S/C22H28N4O3S2/c1-5-25(6-2)15-16-26(22-23-19-9-7-8-10-20(19)30-22)21(27)17-11-13-18(14-12-17)31(28,29)24(3)4/h7-14H,5-6,15-16H2,1-4H3. The third-order valence-electron chi connectivity index (χ3n) is 5.17. The number of para-hydroxylation sites is 1. The van der Waals surface area contributed by atoms with Crippen LogP contribution in [-0.2, 0) is 10.0 Å². The largest absolute Gasteiger partial charge is 0.302 e. The predicted octanol–water partition coefficient (Wildman–Crippen LogP) is 3.54. The van der Waals surface area contributed by atoms with Crippen molar-refractivity contribution >= 4 is 42.6 Å². The first-order valence-electron chi connectivity index (χ1n) is 10.2. The average molecular weight is 461 g/mol. The molecule has 0 unspecified atom stereocenters. The van der Waals surface area contributed by atoms with Gasteiger partial charge in [-0.15, -0.1) is 0 Å². The van der Waals surface area contributed by atoms with Crippen LogP contribution < -0.4 is 4.90 Å². The van der Waals surface area contributed by atoms with Gasteiger partial charge < -0.3 is 4.90 Å². The van der Waals surface area contributed by atoms with Gasteiger partial charge in [-0.3, -0.25) is 9.69 Å². The molecule has 31 heavy (non-hydrogen) atoms. The van der Waals surface area contributed by atoms with Crippen LogP contribution in [0.25, 0.3) is 10.2 Å². The van der Waals surface area contributed by atoms with Crippen LogP contribution in [0.2, 0.25) is 0 Å². The molecule has 0 spiro atoms. The van der Waals surface area contributed by atoms with E-state index < -0.39 is 10.0 Å². The molecule has 2 aromatic carbocycles. The van der Waals surface area contributed by atoms with Crippen LogP contribution in [0.5, 0.6) is 0 Å². The normalized spacial score (nSPS) is 12.1. The molecule has 9 heteroatoms. The summed E-state index contributed by atoms with van der Waals surface area (Å²) in [7, 11) is -0.581. The highest BCUT2D eigenvalue weighted by Gasteiger charge is 2.23. The predicted molar refractivity (Wildman–Crippen MR) is 126 cm³/mol. The van der Waals surface area contributed by atoms with Crippen LogP contribution in [0, 0.1) is 0 Å². The van der Waals surface area contributed by atoms with Crippen molar-refractivity contribution in [3.63, 3.8) is 0 Å². The number of hydrogen-bond acceptors (Lipinski definition) is 6. The van der Waals surface area contributed by atoms with Crippen molar-refractivity contribution in [3.8, 4) is 0 Å². The van der Waals surface area contributed by atoms with Gasteiger partial charge in [0, 0.05) is 32.7 Å². The summed E-state index contributed by atoms with van der Waals surface area (Å²) in [4.78, 5) is 22.2. The molecule has 0 atom stereocenters. The first kappa shape index (κ1) is 23.3. The zero-order valence-corrected chi connectivity index (χ0v) is 19.9. The van der Waals surface area contributed by atoms with Gasteiger partial charge in [0.2, 0.25) is 10.0 Å². The lowest BCUT2D eigenvalue weighted by Gasteiger charge is -2.24. The maximum Gasteiger partial charge on any atom is 0.260 e. The second-order valence-corrected chi connectivity index (χ2v) is 10.4. The molecule has 0 saturated carbocycles. The van der Waals surface area contributed by atoms with Gasteiger partial charge in [-0.1, -0.05) is 37.3 Å². The summed E-state index contributed by atoms with van der Waals surface area (Å²) < 4.78 is 26.8. The van der Waals surface area contributed by atoms with Crippen molar-refractivity contribution in [2.45, 2.75) is 18.7 Å². The van der Waals surface area contributed by atoms with E-state index in [2.05, 4.69) is 23.7 Å². The van der Waals surface area contributed by atoms with Gasteiger partial charge in [0.25, 0.3) is 5.91 Å². The number of fused-ring (bicyclic) bond motifs is 1. The molecule has 0 fully saturated rings. The fourth-order valence-corrected chi connectivity index (χ4v) is 5.07. The first-order valence-corrected chi connectivity index (χ1v) is 12.5. The number of thiazole rings is 1. The number of aromatic nitrogens is 1. The number of hydrogen-bond donors (Lipinski definition) is 0. The van der Waals surface area contributed by atoms with E-state index in [4.69, 9.17) is 0 Å². The van der Waals surface area contributed by atoms with Crippen molar-refractivity contribution in [2.24, 2.45) is 0 Å². The van der Waals surface area contributed by atoms with Crippen molar-refractivity contribution in [1.82, 2.24) is 14.2 Å². The maximum atomic E-state index is 13.4. The van der Waals surface area contributed by atoms with E-state index in [1.807, 2.05) is 24.3 Å². The Morgan fingerprint density at radius 1 is 0.968 bits per heavy atom. The molecule has 0 N–H and O–H groups in total. The van der Waals surface area contributed by atoms with Crippen LogP contribution in [0.1, 0.15) is 24.2 Å². The van der Waals surface area contributed by atoms with E-state index in [1.54, 1.807) is 17.0 Å². The highest BCUT2D eigenvalue weighted by atomic mass is 32.2. The third-order valence-corrected chi connectivity index (χ3v) is 8.06. The molecule has 0 aliphatic rings. The first-order chi connectivity index (χ1) is 14.8. The zero-order chi connectivity index (χ0) is 22.6. The fourth-order valence-electron chi connectivity index (χ4n) is 3.18. The molecule has 7 nitrogen and oxygen atoms in total. The van der Waals surface area contributed by atoms with E-state index >= 15 is 0 Å². The molecule has 0 bridgehead atoms. The molecule has 0 aliphatic carbocycles. The number of carbonyl (C=O) groups excluding carboxylic acids is 1. The van der Waals surface area contributed by atoms with Crippen LogP contribution in [0.3, 0.4) is 0 Å². The second-order valence-electron chi connectivity index (χ2n) is 7.26. The maximum absolute atomic E-state index is 13.4. The quantitative estimate of drug-likeness (QED) is 0.488. The van der Waals surface area contributed by atoms with Crippen molar-refractivity contribution in [2.75, 3.05) is 45.2 Å². The summed E-state index contributed by atoms with van der Waals surface area (Å²) in [5, 5.41) is 0.642. The van der Waals surface area contributed by atoms with Crippen LogP contribution in [0.4, 0.5) is 5.13 Å². The number of likely N-dealkylation sites (N-methyl/N-ethyl adjacent to an activating group) is 1. The minimum absolute atomic E-state index is 0.156. The smallest absolute Gasteiger partial charge is 0.260 e. The minimum atomic E-state index is -3.55. The van der Waals surface area contributed by atoms with E-state index in [0.717, 1.165) is 34.2 Å². The molecule has 1 aromatic heterocycles. The number of anilines is 1. The Bertz CT molecular complexity index is 1100. The lowest BCUT2D eigenvalue weighted by atomic mass is 10.2. The SMILES string of the molecule is CCN(CC)CCN(C(=O)c1ccc(S(=O)(=O)N(C)C)cc1)c1nc2ccccc2s1. The molecule has 1 amide bonds. The molecular formula is C22H28N4O3S2. The summed E-state index contributed by atoms with van der Waals surface area (Å²) in [6, 6.07) is 13.9. The molecule has 3 rings (SSSR count). The van der Waals surface area contributed by atoms with Crippen LogP contribution >= 0.6 is 11.3 Å². The Hall–Kier alpha value is -2.33. The number of nitrogens with zero attached hydrogens (tertiary/aromatic N) is 4. The Morgan fingerprint density at radius 3 is 2.19 bits per heavy atom. The monoisotopic (exact) mass is 460 g/mol. The highest BCUT2D eigenvalue weighted by Crippen LogP contribution is 2.29. The van der Waals surface area contributed by atoms with Gasteiger partial charge >= 0.3 is 0 Å². The molecule has 3 aromatic rings. The van der Waals surface area contributed by atoms with Gasteiger partial charge in [-0.05, 0) is 49.5 Å². The van der Waals surface area contributed by atoms with Crippen LogP contribution in [0.15, 0.2) is 53.4 Å². The molecular weight excluding hydrogens is 432 g/mol. The zero-order valence-electron chi connectivity index (χ0n) is 18.3. The van der Waals surface area contributed by atoms with Gasteiger partial charge in [0.1, 0.15) is 0 Å². The summed E-state index contributed by atoms with van der Waals surface area (Å²) in [5.41, 5.74) is 1.28. The fraction of sp³-hybridized carbons (Fsp3) is 0.364. The van der Waals surface area contributed by atoms with Gasteiger partial charge in [-0.2, -0.15) is 0 Å². The summed E-state index contributed by atoms with van der Waals surface area (Å²) in [5.74, 6) is -0.194. The van der Waals surface area contributed by atoms with Gasteiger partial charge in [0.15, 0.2) is 5.13 Å². The van der Waals surface area contributed by atoms with Crippen molar-refractivity contribution in [3.05, 3.63) is 54.1 Å². The van der Waals surface area contributed by atoms with Crippen molar-refractivity contribution < 1.29 is 13.2 Å². The molecule has 166 valence electrons. The third kappa shape index (κ3) is 5.12. The summed E-state index contributed by atoms with van der Waals surface area (Å²) in [6.45, 7) is 7.21. The number of amides is 1. The Labute approximate surface area is 188 Å². The van der Waals surface area contributed by atoms with Crippen molar-refractivity contribution in [1.29, 1.82) is 0 Å². The average Bonchev–Trinajstić information content (AvgIpc) is 3.20. The Balaban J connectivity index is 1.93. The molecule has 0 radical (unpaired) electrons. The van der Waals surface area contributed by atoms with E-state index in [1.165, 1.54) is 37.6 Å². The number of rotatable bonds is 9. The summed E-state index contributed by atoms with van der Waals surface area (Å²) in [6.07, 6.45) is 0. The van der Waals surface area contributed by atoms with Gasteiger partial charge in [0.05, 0.1) is 15.1 Å². The topological polar surface area (TPSA) is 73.8 Å². The molecule has 1 heterocycles. The number of benzene rings is 2. The number of carbonyl (C=O) groups is 1. The summed E-state index contributed by atoms with van der Waals surface area (Å²) >= 11 is 1.48. The van der Waals surface area contributed by atoms with E-state index in [0.29, 0.717) is 17.2 Å². The minimum Gasteiger partial charge on any atom is -0.302 e. The van der Waals surface area contributed by atoms with Crippen LogP contribution in [-0.4, -0.2) is 68.8 Å². The number of sulfonamides is 1. The lowest BCUT2D eigenvalue weighted by molar-refractivity contribution is 0.0983. The van der Waals surface area contributed by atoms with E-state index in [9.17, 15) is 13.2 Å². The Kier molecular flexibility index (Phi) is 7.42. The Morgan fingerprint density at radius 2 is 1.61 bits per heavy atom. The van der Waals surface area contributed by atoms with Gasteiger partial charge in [-0.25, -0.2) is 17.7 Å².